The highest BCUT2D eigenvalue weighted by molar-refractivity contribution is 6.31. The van der Waals surface area contributed by atoms with Gasteiger partial charge in [0.2, 0.25) is 5.88 Å². The maximum atomic E-state index is 12.9. The van der Waals surface area contributed by atoms with Crippen molar-refractivity contribution in [3.63, 3.8) is 0 Å². The fourth-order valence-corrected chi connectivity index (χ4v) is 2.94. The monoisotopic (exact) mass is 435 g/mol. The number of hydrogen-bond donors (Lipinski definition) is 2. The molecule has 2 amide bonds. The molecule has 3 aromatic rings. The lowest BCUT2D eigenvalue weighted by Gasteiger charge is -2.12. The second-order valence-corrected chi connectivity index (χ2v) is 6.70. The molecule has 3 rings (SSSR count). The van der Waals surface area contributed by atoms with Crippen LogP contribution < -0.4 is 15.4 Å². The minimum Gasteiger partial charge on any atom is -0.481 e. The molecule has 1 aromatic heterocycles. The summed E-state index contributed by atoms with van der Waals surface area (Å²) < 4.78 is 43.8. The first-order valence-electron chi connectivity index (χ1n) is 8.77. The number of anilines is 1. The Balaban J connectivity index is 1.64. The molecule has 0 aliphatic heterocycles. The van der Waals surface area contributed by atoms with Crippen molar-refractivity contribution in [1.82, 2.24) is 10.3 Å². The van der Waals surface area contributed by atoms with Crippen LogP contribution in [0.4, 0.5) is 23.7 Å². The second kappa shape index (κ2) is 9.04. The fraction of sp³-hybridized carbons (Fsp3) is 0.143. The summed E-state index contributed by atoms with van der Waals surface area (Å²) in [6.07, 6.45) is -2.93. The Morgan fingerprint density at radius 2 is 1.90 bits per heavy atom. The first kappa shape index (κ1) is 21.4. The molecule has 0 atom stereocenters. The van der Waals surface area contributed by atoms with E-state index in [9.17, 15) is 18.0 Å². The van der Waals surface area contributed by atoms with E-state index in [0.717, 1.165) is 28.8 Å². The number of urea groups is 1. The number of ether oxygens (including phenoxy) is 1. The molecule has 0 aliphatic carbocycles. The van der Waals surface area contributed by atoms with Crippen molar-refractivity contribution in [3.8, 4) is 17.0 Å². The van der Waals surface area contributed by atoms with Crippen LogP contribution in [-0.4, -0.2) is 18.1 Å². The summed E-state index contributed by atoms with van der Waals surface area (Å²) in [7, 11) is 1.54. The maximum absolute atomic E-state index is 12.9. The number of rotatable bonds is 5. The molecule has 0 saturated carbocycles. The molecule has 0 saturated heterocycles. The van der Waals surface area contributed by atoms with Crippen LogP contribution in [0.3, 0.4) is 0 Å². The summed E-state index contributed by atoms with van der Waals surface area (Å²) >= 11 is 5.58. The van der Waals surface area contributed by atoms with E-state index in [4.69, 9.17) is 16.3 Å². The molecule has 0 radical (unpaired) electrons. The zero-order valence-electron chi connectivity index (χ0n) is 15.8. The Bertz CT molecular complexity index is 1040. The molecule has 0 unspecified atom stereocenters. The van der Waals surface area contributed by atoms with Crippen molar-refractivity contribution in [2.45, 2.75) is 12.7 Å². The van der Waals surface area contributed by atoms with Crippen molar-refractivity contribution in [3.05, 3.63) is 76.9 Å². The van der Waals surface area contributed by atoms with Crippen LogP contribution >= 0.6 is 11.6 Å². The van der Waals surface area contributed by atoms with Gasteiger partial charge >= 0.3 is 12.2 Å². The smallest absolute Gasteiger partial charge is 0.417 e. The zero-order valence-corrected chi connectivity index (χ0v) is 16.5. The number of amides is 2. The van der Waals surface area contributed by atoms with Crippen molar-refractivity contribution in [1.29, 1.82) is 0 Å². The third kappa shape index (κ3) is 5.42. The van der Waals surface area contributed by atoms with Crippen molar-refractivity contribution in [2.75, 3.05) is 12.4 Å². The lowest BCUT2D eigenvalue weighted by atomic mass is 10.0. The summed E-state index contributed by atoms with van der Waals surface area (Å²) in [5.41, 5.74) is 1.57. The highest BCUT2D eigenvalue weighted by Gasteiger charge is 2.33. The average Bonchev–Trinajstić information content (AvgIpc) is 2.73. The van der Waals surface area contributed by atoms with Crippen molar-refractivity contribution >= 4 is 23.3 Å². The molecule has 30 heavy (non-hydrogen) atoms. The Morgan fingerprint density at radius 1 is 1.10 bits per heavy atom. The van der Waals surface area contributed by atoms with Crippen molar-refractivity contribution in [2.24, 2.45) is 0 Å². The minimum atomic E-state index is -4.61. The molecule has 0 fully saturated rings. The predicted octanol–water partition coefficient (Wildman–Crippen LogP) is 5.75. The van der Waals surface area contributed by atoms with Gasteiger partial charge in [-0.15, -0.1) is 0 Å². The van der Waals surface area contributed by atoms with Crippen LogP contribution in [0.25, 0.3) is 11.1 Å². The van der Waals surface area contributed by atoms with Gasteiger partial charge in [-0.2, -0.15) is 13.2 Å². The number of benzene rings is 2. The number of alkyl halides is 3. The standard InChI is InChI=1S/C21H17ClF3N3O2/c1-30-19-8-5-15(12-26-19)14-4-2-3-13(9-14)11-27-20(29)28-16-6-7-18(22)17(10-16)21(23,24)25/h2-10,12H,11H2,1H3,(H2,27,28,29). The molecule has 9 heteroatoms. The molecular weight excluding hydrogens is 419 g/mol. The lowest BCUT2D eigenvalue weighted by Crippen LogP contribution is -2.28. The van der Waals surface area contributed by atoms with Crippen LogP contribution in [-0.2, 0) is 12.7 Å². The molecule has 5 nitrogen and oxygen atoms in total. The SMILES string of the molecule is COc1ccc(-c2cccc(CNC(=O)Nc3ccc(Cl)c(C(F)(F)F)c3)c2)cn1. The molecule has 0 bridgehead atoms. The molecule has 0 spiro atoms. The number of carbonyl (C=O) groups is 1. The summed E-state index contributed by atoms with van der Waals surface area (Å²) in [6, 6.07) is 13.6. The van der Waals surface area contributed by atoms with Crippen LogP contribution in [0.1, 0.15) is 11.1 Å². The number of aromatic nitrogens is 1. The van der Waals surface area contributed by atoms with E-state index in [1.165, 1.54) is 13.2 Å². The van der Waals surface area contributed by atoms with E-state index in [2.05, 4.69) is 15.6 Å². The Hall–Kier alpha value is -3.26. The molecule has 2 N–H and O–H groups in total. The highest BCUT2D eigenvalue weighted by Crippen LogP contribution is 2.36. The van der Waals surface area contributed by atoms with Crippen LogP contribution in [0.2, 0.25) is 5.02 Å². The minimum absolute atomic E-state index is 0.0118. The Labute approximate surface area is 175 Å². The van der Waals surface area contributed by atoms with Gasteiger partial charge in [-0.25, -0.2) is 9.78 Å². The summed E-state index contributed by atoms with van der Waals surface area (Å²) in [5.74, 6) is 0.504. The zero-order chi connectivity index (χ0) is 21.7. The predicted molar refractivity (Wildman–Crippen MR) is 109 cm³/mol. The molecule has 156 valence electrons. The van der Waals surface area contributed by atoms with Gasteiger partial charge in [0, 0.05) is 30.1 Å². The Kier molecular flexibility index (Phi) is 6.47. The maximum Gasteiger partial charge on any atom is 0.417 e. The molecule has 1 heterocycles. The van der Waals surface area contributed by atoms with E-state index in [1.807, 2.05) is 30.3 Å². The van der Waals surface area contributed by atoms with E-state index >= 15 is 0 Å². The number of hydrogen-bond acceptors (Lipinski definition) is 3. The van der Waals surface area contributed by atoms with Gasteiger partial charge < -0.3 is 15.4 Å². The average molecular weight is 436 g/mol. The van der Waals surface area contributed by atoms with E-state index < -0.39 is 22.8 Å². The number of carbonyl (C=O) groups excluding carboxylic acids is 1. The van der Waals surface area contributed by atoms with Gasteiger partial charge in [-0.05, 0) is 41.5 Å². The number of halogens is 4. The van der Waals surface area contributed by atoms with Gasteiger partial charge in [-0.3, -0.25) is 0 Å². The largest absolute Gasteiger partial charge is 0.481 e. The molecular formula is C21H17ClF3N3O2. The quantitative estimate of drug-likeness (QED) is 0.536. The fourth-order valence-electron chi connectivity index (χ4n) is 2.71. The lowest BCUT2D eigenvalue weighted by molar-refractivity contribution is -0.137. The number of nitrogens with zero attached hydrogens (tertiary/aromatic N) is 1. The van der Waals surface area contributed by atoms with E-state index in [1.54, 1.807) is 12.3 Å². The van der Waals surface area contributed by atoms with Crippen LogP contribution in [0, 0.1) is 0 Å². The summed E-state index contributed by atoms with van der Waals surface area (Å²) in [4.78, 5) is 16.3. The van der Waals surface area contributed by atoms with Gasteiger partial charge in [0.05, 0.1) is 17.7 Å². The normalized spacial score (nSPS) is 11.1. The number of methoxy groups -OCH3 is 1. The summed E-state index contributed by atoms with van der Waals surface area (Å²) in [5, 5.41) is 4.56. The number of pyridine rings is 1. The van der Waals surface area contributed by atoms with Gasteiger partial charge in [0.15, 0.2) is 0 Å². The van der Waals surface area contributed by atoms with Crippen LogP contribution in [0.15, 0.2) is 60.8 Å². The van der Waals surface area contributed by atoms with Crippen LogP contribution in [0.5, 0.6) is 5.88 Å². The number of nitrogens with one attached hydrogen (secondary N) is 2. The first-order chi connectivity index (χ1) is 14.3. The van der Waals surface area contributed by atoms with Gasteiger partial charge in [0.1, 0.15) is 0 Å². The second-order valence-electron chi connectivity index (χ2n) is 6.29. The molecule has 0 aliphatic rings. The highest BCUT2D eigenvalue weighted by atomic mass is 35.5. The van der Waals surface area contributed by atoms with E-state index in [0.29, 0.717) is 5.88 Å². The summed E-state index contributed by atoms with van der Waals surface area (Å²) in [6.45, 7) is 0.184. The topological polar surface area (TPSA) is 63.2 Å². The van der Waals surface area contributed by atoms with E-state index in [-0.39, 0.29) is 12.2 Å². The molecule has 2 aromatic carbocycles. The first-order valence-corrected chi connectivity index (χ1v) is 9.15. The third-order valence-corrected chi connectivity index (χ3v) is 4.52. The third-order valence-electron chi connectivity index (χ3n) is 4.19. The van der Waals surface area contributed by atoms with Gasteiger partial charge in [-0.1, -0.05) is 29.8 Å². The van der Waals surface area contributed by atoms with Gasteiger partial charge in [0.25, 0.3) is 0 Å². The Morgan fingerprint density at radius 3 is 2.57 bits per heavy atom. The van der Waals surface area contributed by atoms with Crippen molar-refractivity contribution < 1.29 is 22.7 Å².